The van der Waals surface area contributed by atoms with E-state index in [2.05, 4.69) is 48.4 Å². The van der Waals surface area contributed by atoms with Crippen LogP contribution in [-0.2, 0) is 0 Å². The predicted molar refractivity (Wildman–Crippen MR) is 60.5 cm³/mol. The largest absolute Gasteiger partial charge is 0.359 e. The van der Waals surface area contributed by atoms with Crippen LogP contribution >= 0.6 is 0 Å². The molecule has 0 fully saturated rings. The quantitative estimate of drug-likeness (QED) is 0.745. The van der Waals surface area contributed by atoms with Crippen molar-refractivity contribution in [2.75, 3.05) is 7.05 Å². The van der Waals surface area contributed by atoms with Crippen molar-refractivity contribution in [2.45, 2.75) is 19.9 Å². The maximum absolute atomic E-state index is 3.35. The molecule has 1 unspecified atom stereocenters. The van der Waals surface area contributed by atoms with Gasteiger partial charge in [-0.2, -0.15) is 0 Å². The van der Waals surface area contributed by atoms with E-state index in [0.29, 0.717) is 6.04 Å². The van der Waals surface area contributed by atoms with Crippen molar-refractivity contribution in [1.29, 1.82) is 0 Å². The Hall–Kier alpha value is -1.28. The third-order valence-corrected chi connectivity index (χ3v) is 2.71. The van der Waals surface area contributed by atoms with Gasteiger partial charge in [-0.25, -0.2) is 0 Å². The molecule has 0 bridgehead atoms. The maximum atomic E-state index is 3.35. The third-order valence-electron chi connectivity index (χ3n) is 2.71. The first-order chi connectivity index (χ1) is 6.70. The van der Waals surface area contributed by atoms with Crippen LogP contribution in [0.4, 0.5) is 0 Å². The highest BCUT2D eigenvalue weighted by atomic mass is 14.9. The van der Waals surface area contributed by atoms with Crippen LogP contribution in [-0.4, -0.2) is 12.0 Å². The summed E-state index contributed by atoms with van der Waals surface area (Å²) in [5.74, 6) is 0. The van der Waals surface area contributed by atoms with E-state index in [0.717, 1.165) is 0 Å². The summed E-state index contributed by atoms with van der Waals surface area (Å²) < 4.78 is 0. The minimum Gasteiger partial charge on any atom is -0.359 e. The topological polar surface area (TPSA) is 27.8 Å². The van der Waals surface area contributed by atoms with Gasteiger partial charge >= 0.3 is 0 Å². The van der Waals surface area contributed by atoms with E-state index in [1.54, 1.807) is 0 Å². The average molecular weight is 188 g/mol. The van der Waals surface area contributed by atoms with Gasteiger partial charge in [0.05, 0.1) is 0 Å². The van der Waals surface area contributed by atoms with E-state index < -0.39 is 0 Å². The van der Waals surface area contributed by atoms with Crippen LogP contribution in [0.5, 0.6) is 0 Å². The van der Waals surface area contributed by atoms with Gasteiger partial charge < -0.3 is 10.3 Å². The number of aryl methyl sites for hydroxylation is 1. The molecule has 2 aromatic rings. The smallest absolute Gasteiger partial charge is 0.0459 e. The van der Waals surface area contributed by atoms with Crippen LogP contribution in [0.15, 0.2) is 24.3 Å². The van der Waals surface area contributed by atoms with Gasteiger partial charge in [-0.05, 0) is 44.0 Å². The molecule has 1 aromatic heterocycles. The van der Waals surface area contributed by atoms with Gasteiger partial charge in [0.2, 0.25) is 0 Å². The van der Waals surface area contributed by atoms with Crippen molar-refractivity contribution in [1.82, 2.24) is 10.3 Å². The summed E-state index contributed by atoms with van der Waals surface area (Å²) >= 11 is 0. The van der Waals surface area contributed by atoms with E-state index in [1.807, 2.05) is 7.05 Å². The Morgan fingerprint density at radius 1 is 1.29 bits per heavy atom. The summed E-state index contributed by atoms with van der Waals surface area (Å²) in [4.78, 5) is 3.35. The SMILES string of the molecule is CNC(C)c1ccc2cc(C)[nH]c2c1. The molecule has 2 nitrogen and oxygen atoms in total. The Bertz CT molecular complexity index is 443. The van der Waals surface area contributed by atoms with Crippen LogP contribution in [0.1, 0.15) is 24.2 Å². The number of rotatable bonds is 2. The van der Waals surface area contributed by atoms with Crippen molar-refractivity contribution in [3.8, 4) is 0 Å². The average Bonchev–Trinajstić information content (AvgIpc) is 2.55. The van der Waals surface area contributed by atoms with Gasteiger partial charge in [0.25, 0.3) is 0 Å². The summed E-state index contributed by atoms with van der Waals surface area (Å²) in [6.07, 6.45) is 0. The first-order valence-electron chi connectivity index (χ1n) is 4.97. The van der Waals surface area contributed by atoms with Crippen molar-refractivity contribution in [3.63, 3.8) is 0 Å². The normalized spacial score (nSPS) is 13.4. The van der Waals surface area contributed by atoms with Gasteiger partial charge in [-0.1, -0.05) is 12.1 Å². The Morgan fingerprint density at radius 3 is 2.79 bits per heavy atom. The van der Waals surface area contributed by atoms with Gasteiger partial charge in [0.15, 0.2) is 0 Å². The molecule has 0 aliphatic rings. The molecule has 14 heavy (non-hydrogen) atoms. The van der Waals surface area contributed by atoms with Crippen molar-refractivity contribution in [3.05, 3.63) is 35.5 Å². The lowest BCUT2D eigenvalue weighted by atomic mass is 10.1. The molecular formula is C12H16N2. The second kappa shape index (κ2) is 3.46. The van der Waals surface area contributed by atoms with Gasteiger partial charge in [-0.3, -0.25) is 0 Å². The minimum atomic E-state index is 0.406. The highest BCUT2D eigenvalue weighted by Gasteiger charge is 2.04. The summed E-state index contributed by atoms with van der Waals surface area (Å²) in [5.41, 5.74) is 3.76. The minimum absolute atomic E-state index is 0.406. The highest BCUT2D eigenvalue weighted by Crippen LogP contribution is 2.20. The first kappa shape index (κ1) is 9.28. The molecule has 1 aromatic carbocycles. The molecule has 0 radical (unpaired) electrons. The Balaban J connectivity index is 2.50. The molecule has 2 heteroatoms. The number of fused-ring (bicyclic) bond motifs is 1. The number of hydrogen-bond acceptors (Lipinski definition) is 1. The predicted octanol–water partition coefficient (Wildman–Crippen LogP) is 2.76. The molecule has 0 aliphatic carbocycles. The molecule has 0 saturated heterocycles. The third kappa shape index (κ3) is 1.53. The van der Waals surface area contributed by atoms with Gasteiger partial charge in [0.1, 0.15) is 0 Å². The molecule has 2 rings (SSSR count). The number of nitrogens with one attached hydrogen (secondary N) is 2. The fourth-order valence-corrected chi connectivity index (χ4v) is 1.73. The van der Waals surface area contributed by atoms with Crippen LogP contribution in [0, 0.1) is 6.92 Å². The molecule has 2 N–H and O–H groups in total. The summed E-state index contributed by atoms with van der Waals surface area (Å²) in [6.45, 7) is 4.25. The zero-order chi connectivity index (χ0) is 10.1. The Morgan fingerprint density at radius 2 is 2.07 bits per heavy atom. The number of hydrogen-bond donors (Lipinski definition) is 2. The monoisotopic (exact) mass is 188 g/mol. The Kier molecular flexibility index (Phi) is 2.30. The highest BCUT2D eigenvalue weighted by molar-refractivity contribution is 5.81. The van der Waals surface area contributed by atoms with E-state index in [4.69, 9.17) is 0 Å². The lowest BCUT2D eigenvalue weighted by molar-refractivity contribution is 0.653. The number of benzene rings is 1. The number of aromatic amines is 1. The first-order valence-corrected chi connectivity index (χ1v) is 4.97. The lowest BCUT2D eigenvalue weighted by Gasteiger charge is -2.09. The van der Waals surface area contributed by atoms with Gasteiger partial charge in [0, 0.05) is 17.3 Å². The molecule has 74 valence electrons. The van der Waals surface area contributed by atoms with E-state index in [-0.39, 0.29) is 0 Å². The zero-order valence-electron chi connectivity index (χ0n) is 8.89. The zero-order valence-corrected chi connectivity index (χ0v) is 8.89. The molecule has 1 atom stereocenters. The fourth-order valence-electron chi connectivity index (χ4n) is 1.73. The second-order valence-corrected chi connectivity index (χ2v) is 3.81. The summed E-state index contributed by atoms with van der Waals surface area (Å²) in [5, 5.41) is 4.53. The van der Waals surface area contributed by atoms with Crippen molar-refractivity contribution in [2.24, 2.45) is 0 Å². The van der Waals surface area contributed by atoms with E-state index >= 15 is 0 Å². The molecule has 0 aliphatic heterocycles. The standard InChI is InChI=1S/C12H16N2/c1-8-6-11-5-4-10(9(2)13-3)7-12(11)14-8/h4-7,9,13-14H,1-3H3. The van der Waals surface area contributed by atoms with E-state index in [1.165, 1.54) is 22.2 Å². The van der Waals surface area contributed by atoms with Crippen LogP contribution < -0.4 is 5.32 Å². The summed E-state index contributed by atoms with van der Waals surface area (Å²) in [7, 11) is 1.98. The number of H-pyrrole nitrogens is 1. The van der Waals surface area contributed by atoms with Crippen LogP contribution in [0.3, 0.4) is 0 Å². The second-order valence-electron chi connectivity index (χ2n) is 3.81. The Labute approximate surface area is 84.3 Å². The number of aromatic nitrogens is 1. The van der Waals surface area contributed by atoms with Crippen molar-refractivity contribution < 1.29 is 0 Å². The molecule has 0 saturated carbocycles. The molecule has 0 spiro atoms. The van der Waals surface area contributed by atoms with Gasteiger partial charge in [-0.15, -0.1) is 0 Å². The summed E-state index contributed by atoms with van der Waals surface area (Å²) in [6, 6.07) is 9.13. The lowest BCUT2D eigenvalue weighted by Crippen LogP contribution is -2.11. The molecule has 0 amide bonds. The fraction of sp³-hybridized carbons (Fsp3) is 0.333. The molecular weight excluding hydrogens is 172 g/mol. The van der Waals surface area contributed by atoms with Crippen LogP contribution in [0.25, 0.3) is 10.9 Å². The van der Waals surface area contributed by atoms with Crippen molar-refractivity contribution >= 4 is 10.9 Å². The maximum Gasteiger partial charge on any atom is 0.0459 e. The molecule has 1 heterocycles. The van der Waals surface area contributed by atoms with Crippen LogP contribution in [0.2, 0.25) is 0 Å². The van der Waals surface area contributed by atoms with E-state index in [9.17, 15) is 0 Å².